The van der Waals surface area contributed by atoms with Crippen LogP contribution in [0, 0.1) is 0 Å². The maximum atomic E-state index is 13.3. The van der Waals surface area contributed by atoms with Crippen molar-refractivity contribution in [1.82, 2.24) is 19.1 Å². The number of benzene rings is 1. The van der Waals surface area contributed by atoms with E-state index in [1.807, 2.05) is 48.3 Å². The van der Waals surface area contributed by atoms with Gasteiger partial charge in [-0.25, -0.2) is 8.42 Å². The third kappa shape index (κ3) is 4.32. The number of nitrogens with zero attached hydrogens (tertiary/aromatic N) is 3. The fourth-order valence-corrected chi connectivity index (χ4v) is 6.85. The number of aromatic nitrogens is 3. The molecule has 0 unspecified atom stereocenters. The molecule has 0 atom stereocenters. The van der Waals surface area contributed by atoms with E-state index in [1.54, 1.807) is 12.1 Å². The fraction of sp³-hybridized carbons (Fsp3) is 0.250. The summed E-state index contributed by atoms with van der Waals surface area (Å²) < 4.78 is 31.1. The number of halogens is 1. The molecule has 0 aliphatic carbocycles. The van der Waals surface area contributed by atoms with Crippen LogP contribution in [0.15, 0.2) is 62.9 Å². The highest BCUT2D eigenvalue weighted by molar-refractivity contribution is 9.11. The SMILES string of the molecule is CCn1ccc(CN(CCc2c[nH]c3ccccc23)S(=O)(=O)c2ccc(Br)s2)n1. The first kappa shape index (κ1) is 20.3. The Morgan fingerprint density at radius 1 is 1.21 bits per heavy atom. The van der Waals surface area contributed by atoms with Gasteiger partial charge in [0.1, 0.15) is 4.21 Å². The number of aromatic amines is 1. The van der Waals surface area contributed by atoms with Gasteiger partial charge >= 0.3 is 0 Å². The molecule has 0 saturated heterocycles. The number of nitrogens with one attached hydrogen (secondary N) is 1. The van der Waals surface area contributed by atoms with Crippen LogP contribution in [0.4, 0.5) is 0 Å². The number of hydrogen-bond donors (Lipinski definition) is 1. The van der Waals surface area contributed by atoms with Crippen molar-refractivity contribution in [2.24, 2.45) is 0 Å². The molecule has 1 aromatic carbocycles. The molecular formula is C20H21BrN4O2S2. The molecule has 0 fully saturated rings. The first-order valence-corrected chi connectivity index (χ1v) is 12.3. The minimum Gasteiger partial charge on any atom is -0.361 e. The lowest BCUT2D eigenvalue weighted by atomic mass is 10.1. The number of para-hydroxylation sites is 1. The molecule has 0 bridgehead atoms. The Bertz CT molecular complexity index is 1230. The summed E-state index contributed by atoms with van der Waals surface area (Å²) in [6.07, 6.45) is 4.45. The highest BCUT2D eigenvalue weighted by Gasteiger charge is 2.27. The first-order valence-electron chi connectivity index (χ1n) is 9.30. The number of hydrogen-bond acceptors (Lipinski definition) is 4. The molecule has 0 aliphatic heterocycles. The molecule has 0 spiro atoms. The second-order valence-corrected chi connectivity index (χ2v) is 11.3. The van der Waals surface area contributed by atoms with Gasteiger partial charge in [-0.05, 0) is 59.1 Å². The van der Waals surface area contributed by atoms with Crippen molar-refractivity contribution in [1.29, 1.82) is 0 Å². The van der Waals surface area contributed by atoms with E-state index in [9.17, 15) is 8.42 Å². The Kier molecular flexibility index (Phi) is 5.91. The second-order valence-electron chi connectivity index (χ2n) is 6.67. The van der Waals surface area contributed by atoms with Gasteiger partial charge in [0, 0.05) is 36.4 Å². The lowest BCUT2D eigenvalue weighted by Gasteiger charge is -2.20. The van der Waals surface area contributed by atoms with Crippen molar-refractivity contribution in [3.63, 3.8) is 0 Å². The summed E-state index contributed by atoms with van der Waals surface area (Å²) in [4.78, 5) is 3.26. The predicted octanol–water partition coefficient (Wildman–Crippen LogP) is 4.64. The van der Waals surface area contributed by atoms with Gasteiger partial charge in [-0.3, -0.25) is 4.68 Å². The predicted molar refractivity (Wildman–Crippen MR) is 120 cm³/mol. The third-order valence-corrected chi connectivity index (χ3v) is 8.74. The average Bonchev–Trinajstić information content (AvgIpc) is 3.44. The molecule has 3 heterocycles. The first-order chi connectivity index (χ1) is 14.0. The smallest absolute Gasteiger partial charge is 0.252 e. The van der Waals surface area contributed by atoms with Gasteiger partial charge in [0.2, 0.25) is 0 Å². The average molecular weight is 493 g/mol. The van der Waals surface area contributed by atoms with E-state index in [0.29, 0.717) is 17.2 Å². The zero-order chi connectivity index (χ0) is 20.4. The largest absolute Gasteiger partial charge is 0.361 e. The summed E-state index contributed by atoms with van der Waals surface area (Å²) in [7, 11) is -3.62. The third-order valence-electron chi connectivity index (χ3n) is 4.81. The number of rotatable bonds is 8. The molecule has 0 saturated carbocycles. The molecule has 9 heteroatoms. The van der Waals surface area contributed by atoms with Crippen LogP contribution in [0.2, 0.25) is 0 Å². The van der Waals surface area contributed by atoms with Crippen molar-refractivity contribution in [3.8, 4) is 0 Å². The van der Waals surface area contributed by atoms with Crippen LogP contribution in [0.1, 0.15) is 18.2 Å². The standard InChI is InChI=1S/C20H21BrN4O2S2/c1-2-24-11-10-16(23-24)14-25(29(26,27)20-8-7-19(21)28-20)12-9-15-13-22-18-6-4-3-5-17(15)18/h3-8,10-11,13,22H,2,9,12,14H2,1H3. The molecule has 0 radical (unpaired) electrons. The van der Waals surface area contributed by atoms with Gasteiger partial charge in [-0.1, -0.05) is 18.2 Å². The topological polar surface area (TPSA) is 71.0 Å². The van der Waals surface area contributed by atoms with Gasteiger partial charge in [-0.15, -0.1) is 11.3 Å². The Morgan fingerprint density at radius 2 is 2.03 bits per heavy atom. The quantitative estimate of drug-likeness (QED) is 0.389. The fourth-order valence-electron chi connectivity index (χ4n) is 3.28. The summed E-state index contributed by atoms with van der Waals surface area (Å²) in [5, 5.41) is 5.60. The van der Waals surface area contributed by atoms with Crippen molar-refractivity contribution in [2.45, 2.75) is 30.6 Å². The number of sulfonamides is 1. The van der Waals surface area contributed by atoms with E-state index in [1.165, 1.54) is 15.6 Å². The summed E-state index contributed by atoms with van der Waals surface area (Å²) in [5.41, 5.74) is 2.90. The van der Waals surface area contributed by atoms with Crippen LogP contribution in [0.3, 0.4) is 0 Å². The maximum absolute atomic E-state index is 13.3. The van der Waals surface area contributed by atoms with Gasteiger partial charge in [-0.2, -0.15) is 9.40 Å². The summed E-state index contributed by atoms with van der Waals surface area (Å²) >= 11 is 4.59. The van der Waals surface area contributed by atoms with Gasteiger partial charge < -0.3 is 4.98 Å². The highest BCUT2D eigenvalue weighted by Crippen LogP contribution is 2.29. The van der Waals surface area contributed by atoms with Crippen molar-refractivity contribution in [2.75, 3.05) is 6.54 Å². The highest BCUT2D eigenvalue weighted by atomic mass is 79.9. The van der Waals surface area contributed by atoms with Crippen LogP contribution in [-0.2, 0) is 29.5 Å². The molecule has 29 heavy (non-hydrogen) atoms. The van der Waals surface area contributed by atoms with E-state index in [4.69, 9.17) is 0 Å². The molecule has 1 N–H and O–H groups in total. The van der Waals surface area contributed by atoms with Crippen molar-refractivity contribution < 1.29 is 8.42 Å². The van der Waals surface area contributed by atoms with Crippen molar-refractivity contribution in [3.05, 3.63) is 69.9 Å². The minimum absolute atomic E-state index is 0.243. The Balaban J connectivity index is 1.62. The Hall–Kier alpha value is -1.94. The monoisotopic (exact) mass is 492 g/mol. The molecule has 152 valence electrons. The number of H-pyrrole nitrogens is 1. The van der Waals surface area contributed by atoms with E-state index >= 15 is 0 Å². The molecular weight excluding hydrogens is 472 g/mol. The molecule has 4 aromatic rings. The van der Waals surface area contributed by atoms with Crippen LogP contribution < -0.4 is 0 Å². The van der Waals surface area contributed by atoms with E-state index < -0.39 is 10.0 Å². The molecule has 3 aromatic heterocycles. The zero-order valence-electron chi connectivity index (χ0n) is 15.9. The van der Waals surface area contributed by atoms with Gasteiger partial charge in [0.25, 0.3) is 10.0 Å². The van der Waals surface area contributed by atoms with Crippen LogP contribution in [-0.4, -0.2) is 34.0 Å². The number of fused-ring (bicyclic) bond motifs is 1. The van der Waals surface area contributed by atoms with Crippen molar-refractivity contribution >= 4 is 48.2 Å². The second kappa shape index (κ2) is 8.43. The van der Waals surface area contributed by atoms with E-state index in [2.05, 4.69) is 32.1 Å². The lowest BCUT2D eigenvalue weighted by Crippen LogP contribution is -2.32. The number of thiophene rings is 1. The van der Waals surface area contributed by atoms with Gasteiger partial charge in [0.05, 0.1) is 16.0 Å². The normalized spacial score (nSPS) is 12.2. The Labute approximate surface area is 182 Å². The van der Waals surface area contributed by atoms with E-state index in [-0.39, 0.29) is 6.54 Å². The summed E-state index contributed by atoms with van der Waals surface area (Å²) in [6.45, 7) is 3.37. The molecule has 0 aliphatic rings. The van der Waals surface area contributed by atoms with Crippen LogP contribution >= 0.6 is 27.3 Å². The minimum atomic E-state index is -3.62. The van der Waals surface area contributed by atoms with E-state index in [0.717, 1.165) is 32.5 Å². The Morgan fingerprint density at radius 3 is 2.76 bits per heavy atom. The zero-order valence-corrected chi connectivity index (χ0v) is 19.1. The summed E-state index contributed by atoms with van der Waals surface area (Å²) in [6, 6.07) is 13.3. The van der Waals surface area contributed by atoms with Crippen LogP contribution in [0.5, 0.6) is 0 Å². The lowest BCUT2D eigenvalue weighted by molar-refractivity contribution is 0.404. The molecule has 4 rings (SSSR count). The van der Waals surface area contributed by atoms with Gasteiger partial charge in [0.15, 0.2) is 0 Å². The summed E-state index contributed by atoms with van der Waals surface area (Å²) in [5.74, 6) is 0. The molecule has 0 amide bonds. The van der Waals surface area contributed by atoms with Crippen LogP contribution in [0.25, 0.3) is 10.9 Å². The number of aryl methyl sites for hydroxylation is 1. The molecule has 6 nitrogen and oxygen atoms in total. The maximum Gasteiger partial charge on any atom is 0.252 e.